The Morgan fingerprint density at radius 2 is 1.66 bits per heavy atom. The van der Waals surface area contributed by atoms with Gasteiger partial charge in [0.2, 0.25) is 0 Å². The van der Waals surface area contributed by atoms with Gasteiger partial charge in [-0.1, -0.05) is 19.3 Å². The molecule has 0 amide bonds. The third-order valence-electron chi connectivity index (χ3n) is 6.20. The first-order chi connectivity index (χ1) is 14.8. The maximum atomic E-state index is 12.0. The first-order valence-electron chi connectivity index (χ1n) is 11.9. The molecule has 6 atom stereocenters. The average molecular weight is 529 g/mol. The number of ketones is 1. The van der Waals surface area contributed by atoms with Crippen LogP contribution in [-0.2, 0) is 51.8 Å². The van der Waals surface area contributed by atoms with Gasteiger partial charge in [-0.2, -0.15) is 0 Å². The third-order valence-corrected chi connectivity index (χ3v) is 6.20. The summed E-state index contributed by atoms with van der Waals surface area (Å²) in [5.74, 6) is -0.0983. The van der Waals surface area contributed by atoms with E-state index < -0.39 is 18.3 Å². The summed E-state index contributed by atoms with van der Waals surface area (Å²) in [6, 6.07) is 0. The van der Waals surface area contributed by atoms with Gasteiger partial charge in [-0.25, -0.2) is 4.79 Å². The van der Waals surface area contributed by atoms with Crippen LogP contribution in [0.15, 0.2) is 11.6 Å². The van der Waals surface area contributed by atoms with Gasteiger partial charge in [-0.3, -0.25) is 4.79 Å². The van der Waals surface area contributed by atoms with Crippen LogP contribution in [0.4, 0.5) is 0 Å². The van der Waals surface area contributed by atoms with E-state index in [9.17, 15) is 24.9 Å². The summed E-state index contributed by atoms with van der Waals surface area (Å²) in [6.45, 7) is 3.51. The summed E-state index contributed by atoms with van der Waals surface area (Å²) in [7, 11) is 0. The minimum Gasteiger partial charge on any atom is -0.455 e. The molecule has 2 aliphatic heterocycles. The van der Waals surface area contributed by atoms with Crippen molar-refractivity contribution < 1.29 is 67.1 Å². The molecule has 0 aromatic carbocycles. The number of hydrogen-bond acceptors (Lipinski definition) is 7. The zero-order valence-electron chi connectivity index (χ0n) is 19.6. The second-order valence-electron chi connectivity index (χ2n) is 9.14. The molecule has 1 fully saturated rings. The van der Waals surface area contributed by atoms with Gasteiger partial charge >= 0.3 is 5.97 Å². The predicted molar refractivity (Wildman–Crippen MR) is 116 cm³/mol. The smallest absolute Gasteiger partial charge is 0.334 e. The normalized spacial score (nSPS) is 25.6. The Labute approximate surface area is 217 Å². The second kappa shape index (κ2) is 15.7. The van der Waals surface area contributed by atoms with E-state index in [0.717, 1.165) is 44.9 Å². The number of carbonyl (C=O) groups is 2. The molecule has 2 rings (SSSR count). The van der Waals surface area contributed by atoms with E-state index in [0.29, 0.717) is 37.7 Å². The van der Waals surface area contributed by atoms with Gasteiger partial charge in [0.1, 0.15) is 11.9 Å². The molecule has 0 saturated carbocycles. The van der Waals surface area contributed by atoms with Gasteiger partial charge in [-0.15, -0.1) is 0 Å². The Kier molecular flexibility index (Phi) is 14.6. The van der Waals surface area contributed by atoms with Crippen LogP contribution in [0.1, 0.15) is 90.9 Å². The van der Waals surface area contributed by atoms with Crippen LogP contribution in [0.2, 0.25) is 0 Å². The average Bonchev–Trinajstić information content (AvgIpc) is 3.32. The zero-order chi connectivity index (χ0) is 22.8. The topological polar surface area (TPSA) is 113 Å². The largest absolute Gasteiger partial charge is 0.455 e. The number of rotatable bonds is 15. The van der Waals surface area contributed by atoms with Crippen molar-refractivity contribution in [3.63, 3.8) is 0 Å². The van der Waals surface area contributed by atoms with Crippen LogP contribution in [-0.4, -0.2) is 63.7 Å². The minimum absolute atomic E-state index is 0. The van der Waals surface area contributed by atoms with Gasteiger partial charge in [0.25, 0.3) is 0 Å². The molecule has 32 heavy (non-hydrogen) atoms. The van der Waals surface area contributed by atoms with E-state index in [-0.39, 0.29) is 62.8 Å². The van der Waals surface area contributed by atoms with E-state index in [1.807, 2.05) is 0 Å². The van der Waals surface area contributed by atoms with Gasteiger partial charge in [-0.05, 0) is 58.4 Å². The molecule has 0 bridgehead atoms. The molecule has 8 heteroatoms. The molecule has 6 unspecified atom stereocenters. The van der Waals surface area contributed by atoms with Crippen molar-refractivity contribution >= 4 is 11.8 Å². The van der Waals surface area contributed by atoms with Gasteiger partial charge < -0.3 is 24.8 Å². The number of cyclic esters (lactones) is 1. The summed E-state index contributed by atoms with van der Waals surface area (Å²) in [4.78, 5) is 23.6. The molecule has 7 nitrogen and oxygen atoms in total. The van der Waals surface area contributed by atoms with Gasteiger partial charge in [0.15, 0.2) is 0 Å². The van der Waals surface area contributed by atoms with Crippen molar-refractivity contribution in [2.24, 2.45) is 0 Å². The molecule has 1 radical (unpaired) electrons. The van der Waals surface area contributed by atoms with Crippen molar-refractivity contribution in [1.29, 1.82) is 0 Å². The van der Waals surface area contributed by atoms with Crippen LogP contribution in [0.5, 0.6) is 0 Å². The van der Waals surface area contributed by atoms with E-state index >= 15 is 0 Å². The quantitative estimate of drug-likeness (QED) is 0.221. The van der Waals surface area contributed by atoms with E-state index in [2.05, 4.69) is 0 Å². The Bertz CT molecular complexity index is 607. The maximum Gasteiger partial charge on any atom is 0.334 e. The van der Waals surface area contributed by atoms with Gasteiger partial charge in [0, 0.05) is 57.5 Å². The zero-order valence-corrected chi connectivity index (χ0v) is 22.4. The Morgan fingerprint density at radius 3 is 2.25 bits per heavy atom. The molecule has 3 N–H and O–H groups in total. The van der Waals surface area contributed by atoms with Crippen molar-refractivity contribution in [2.75, 3.05) is 0 Å². The molecule has 0 aromatic heterocycles. The number of aliphatic hydroxyl groups is 3. The van der Waals surface area contributed by atoms with E-state index in [1.165, 1.54) is 0 Å². The summed E-state index contributed by atoms with van der Waals surface area (Å²) < 4.78 is 10.7. The fraction of sp³-hybridized carbons (Fsp3) is 0.833. The molecular formula is C24H40O7Y. The number of esters is 1. The second-order valence-corrected chi connectivity index (χ2v) is 9.14. The SMILES string of the molecule is CC1C=C(CC(O)CCCCC(=O)CCCCCC(O)C2CCC(C(C)O)O2)C(=O)O1.[Y]. The number of unbranched alkanes of at least 4 members (excludes halogenated alkanes) is 3. The maximum absolute atomic E-state index is 12.0. The molecule has 2 heterocycles. The van der Waals surface area contributed by atoms with Crippen molar-refractivity contribution in [2.45, 2.75) is 128 Å². The first kappa shape index (κ1) is 29.9. The molecule has 0 aromatic rings. The molecule has 2 aliphatic rings. The fourth-order valence-electron chi connectivity index (χ4n) is 4.33. The van der Waals surface area contributed by atoms with Crippen molar-refractivity contribution in [3.05, 3.63) is 11.6 Å². The molecule has 0 spiro atoms. The number of carbonyl (C=O) groups excluding carboxylic acids is 2. The number of ether oxygens (including phenoxy) is 2. The van der Waals surface area contributed by atoms with Crippen LogP contribution in [0.25, 0.3) is 0 Å². The summed E-state index contributed by atoms with van der Waals surface area (Å²) >= 11 is 0. The molecule has 1 saturated heterocycles. The fourth-order valence-corrected chi connectivity index (χ4v) is 4.33. The van der Waals surface area contributed by atoms with E-state index in [4.69, 9.17) is 9.47 Å². The molecule has 181 valence electrons. The standard InChI is InChI=1S/C24H40O7.Y/c1-16-14-18(24(29)30-16)15-20(27)10-7-6-9-19(26)8-4-3-5-11-21(28)23-13-12-22(31-23)17(2)25;/h14,16-17,20-23,25,27-28H,3-13,15H2,1-2H3;. The van der Waals surface area contributed by atoms with Crippen LogP contribution >= 0.6 is 0 Å². The summed E-state index contributed by atoms with van der Waals surface area (Å²) in [5, 5.41) is 29.9. The number of aliphatic hydroxyl groups excluding tert-OH is 3. The first-order valence-corrected chi connectivity index (χ1v) is 11.9. The number of hydrogen-bond donors (Lipinski definition) is 3. The van der Waals surface area contributed by atoms with Gasteiger partial charge in [0.05, 0.1) is 30.5 Å². The summed E-state index contributed by atoms with van der Waals surface area (Å²) in [5.41, 5.74) is 0.545. The van der Waals surface area contributed by atoms with E-state index in [1.54, 1.807) is 19.9 Å². The van der Waals surface area contributed by atoms with Crippen LogP contribution in [0, 0.1) is 0 Å². The molecule has 0 aliphatic carbocycles. The summed E-state index contributed by atoms with van der Waals surface area (Å²) in [6.07, 6.45) is 7.88. The van der Waals surface area contributed by atoms with Crippen molar-refractivity contribution in [1.82, 2.24) is 0 Å². The monoisotopic (exact) mass is 529 g/mol. The Hall–Kier alpha value is -0.176. The van der Waals surface area contributed by atoms with Crippen LogP contribution in [0.3, 0.4) is 0 Å². The van der Waals surface area contributed by atoms with Crippen molar-refractivity contribution in [3.8, 4) is 0 Å². The Morgan fingerprint density at radius 1 is 1.03 bits per heavy atom. The minimum atomic E-state index is -0.578. The third kappa shape index (κ3) is 10.8. The van der Waals surface area contributed by atoms with Crippen LogP contribution < -0.4 is 0 Å². The Balaban J connectivity index is 0.00000512. The predicted octanol–water partition coefficient (Wildman–Crippen LogP) is 2.98. The number of Topliss-reactive ketones (excluding diaryl/α,β-unsaturated/α-hetero) is 1. The molecular weight excluding hydrogens is 489 g/mol.